The van der Waals surface area contributed by atoms with Gasteiger partial charge in [-0.2, -0.15) is 0 Å². The highest BCUT2D eigenvalue weighted by Crippen LogP contribution is 2.27. The van der Waals surface area contributed by atoms with E-state index in [1.165, 1.54) is 35.9 Å². The third-order valence-corrected chi connectivity index (χ3v) is 9.84. The SMILES string of the molecule is CSc1ncc(C(=O)NCc2ncccn2)c(NCc2ccc(N(C)C)c(Cl)c2)n1.CSc1ncc(C(=O)O)c(NCc2ccc(N(C)C)c(Cl)c2)n1.NCc1ncccn1. The van der Waals surface area contributed by atoms with Crippen LogP contribution in [-0.2, 0) is 26.2 Å². The number of rotatable bonds is 15. The number of nitrogens with zero attached hydrogens (tertiary/aromatic N) is 10. The first-order valence-corrected chi connectivity index (χ1v) is 21.5. The van der Waals surface area contributed by atoms with E-state index in [1.807, 2.05) is 86.9 Å². The predicted molar refractivity (Wildman–Crippen MR) is 244 cm³/mol. The molecule has 17 nitrogen and oxygen atoms in total. The minimum absolute atomic E-state index is 0.0406. The van der Waals surface area contributed by atoms with Crippen molar-refractivity contribution < 1.29 is 14.7 Å². The van der Waals surface area contributed by atoms with Gasteiger partial charge in [0.15, 0.2) is 10.3 Å². The van der Waals surface area contributed by atoms with Crippen LogP contribution in [0.1, 0.15) is 43.5 Å². The molecule has 0 bridgehead atoms. The molecule has 0 radical (unpaired) electrons. The zero-order valence-electron chi connectivity index (χ0n) is 34.3. The normalized spacial score (nSPS) is 10.3. The van der Waals surface area contributed by atoms with Crippen LogP contribution in [0.15, 0.2) is 96.0 Å². The number of hydrogen-bond donors (Lipinski definition) is 5. The Morgan fingerprint density at radius 2 is 1.11 bits per heavy atom. The molecule has 320 valence electrons. The van der Waals surface area contributed by atoms with Crippen molar-refractivity contribution in [1.82, 2.24) is 45.2 Å². The Morgan fingerprint density at radius 1 is 0.672 bits per heavy atom. The summed E-state index contributed by atoms with van der Waals surface area (Å²) in [7, 11) is 7.72. The van der Waals surface area contributed by atoms with Gasteiger partial charge in [0.05, 0.1) is 34.5 Å². The zero-order valence-corrected chi connectivity index (χ0v) is 37.4. The molecule has 1 amide bonds. The Hall–Kier alpha value is -5.86. The van der Waals surface area contributed by atoms with Gasteiger partial charge in [-0.25, -0.2) is 44.7 Å². The molecule has 2 aromatic carbocycles. The molecule has 0 aliphatic carbocycles. The number of halogens is 2. The summed E-state index contributed by atoms with van der Waals surface area (Å²) in [5, 5.41) is 20.7. The lowest BCUT2D eigenvalue weighted by Gasteiger charge is -2.16. The molecule has 0 atom stereocenters. The average molecular weight is 906 g/mol. The van der Waals surface area contributed by atoms with Gasteiger partial charge in [0.1, 0.15) is 34.4 Å². The van der Waals surface area contributed by atoms with Crippen molar-refractivity contribution in [1.29, 1.82) is 0 Å². The fraction of sp³-hybridized carbons (Fsp3) is 0.250. The van der Waals surface area contributed by atoms with E-state index in [9.17, 15) is 14.7 Å². The number of carboxylic acids is 1. The summed E-state index contributed by atoms with van der Waals surface area (Å²) in [6, 6.07) is 15.0. The molecule has 0 spiro atoms. The molecule has 0 fully saturated rings. The van der Waals surface area contributed by atoms with E-state index >= 15 is 0 Å². The number of anilines is 4. The van der Waals surface area contributed by atoms with Gasteiger partial charge in [-0.1, -0.05) is 58.9 Å². The van der Waals surface area contributed by atoms with Crippen LogP contribution in [0.2, 0.25) is 10.0 Å². The number of aromatic nitrogens is 8. The van der Waals surface area contributed by atoms with Crippen LogP contribution < -0.4 is 31.5 Å². The maximum absolute atomic E-state index is 12.7. The van der Waals surface area contributed by atoms with Gasteiger partial charge in [0.2, 0.25) is 0 Å². The van der Waals surface area contributed by atoms with Crippen LogP contribution in [0.25, 0.3) is 0 Å². The van der Waals surface area contributed by atoms with Crippen molar-refractivity contribution >= 4 is 81.6 Å². The fourth-order valence-corrected chi connectivity index (χ4v) is 6.47. The van der Waals surface area contributed by atoms with Gasteiger partial charge in [-0.15, -0.1) is 0 Å². The van der Waals surface area contributed by atoms with Gasteiger partial charge < -0.3 is 36.6 Å². The third kappa shape index (κ3) is 15.0. The highest BCUT2D eigenvalue weighted by molar-refractivity contribution is 7.98. The van der Waals surface area contributed by atoms with Crippen LogP contribution >= 0.6 is 46.7 Å². The van der Waals surface area contributed by atoms with Gasteiger partial charge in [0.25, 0.3) is 5.91 Å². The van der Waals surface area contributed by atoms with Crippen LogP contribution in [0.4, 0.5) is 23.0 Å². The molecule has 6 N–H and O–H groups in total. The second kappa shape index (κ2) is 24.4. The van der Waals surface area contributed by atoms with E-state index in [0.29, 0.717) is 68.8 Å². The number of nitrogens with one attached hydrogen (secondary N) is 3. The minimum Gasteiger partial charge on any atom is -0.477 e. The van der Waals surface area contributed by atoms with E-state index < -0.39 is 5.97 Å². The van der Waals surface area contributed by atoms with Crippen LogP contribution in [0, 0.1) is 0 Å². The Morgan fingerprint density at radius 3 is 1.51 bits per heavy atom. The smallest absolute Gasteiger partial charge is 0.341 e. The second-order valence-corrected chi connectivity index (χ2v) is 15.2. The number of aromatic carboxylic acids is 1. The number of carboxylic acid groups (broad SMARTS) is 1. The molecule has 21 heteroatoms. The summed E-state index contributed by atoms with van der Waals surface area (Å²) in [6.07, 6.45) is 13.2. The molecule has 4 aromatic heterocycles. The molecule has 0 saturated heterocycles. The topological polar surface area (TPSA) is 226 Å². The summed E-state index contributed by atoms with van der Waals surface area (Å²) in [4.78, 5) is 60.7. The molecule has 6 aromatic rings. The Labute approximate surface area is 372 Å². The first kappa shape index (κ1) is 47.8. The lowest BCUT2D eigenvalue weighted by atomic mass is 10.2. The van der Waals surface area contributed by atoms with E-state index in [2.05, 4.69) is 55.8 Å². The van der Waals surface area contributed by atoms with Gasteiger partial charge in [0, 0.05) is 78.5 Å². The molecule has 61 heavy (non-hydrogen) atoms. The number of carbonyl (C=O) groups is 2. The maximum atomic E-state index is 12.7. The van der Waals surface area contributed by atoms with Gasteiger partial charge >= 0.3 is 5.97 Å². The molecule has 6 rings (SSSR count). The van der Waals surface area contributed by atoms with Crippen molar-refractivity contribution in [2.75, 3.05) is 61.1 Å². The first-order valence-electron chi connectivity index (χ1n) is 18.3. The quantitative estimate of drug-likeness (QED) is 0.0554. The van der Waals surface area contributed by atoms with Crippen molar-refractivity contribution in [3.63, 3.8) is 0 Å². The summed E-state index contributed by atoms with van der Waals surface area (Å²) in [5.41, 5.74) is 9.38. The number of amides is 1. The van der Waals surface area contributed by atoms with Crippen LogP contribution in [0.3, 0.4) is 0 Å². The number of hydrogen-bond acceptors (Lipinski definition) is 17. The zero-order chi connectivity index (χ0) is 44.3. The number of carbonyl (C=O) groups excluding carboxylic acids is 1. The highest BCUT2D eigenvalue weighted by Gasteiger charge is 2.16. The number of benzene rings is 2. The van der Waals surface area contributed by atoms with Crippen molar-refractivity contribution in [3.8, 4) is 0 Å². The molecule has 0 aliphatic heterocycles. The van der Waals surface area contributed by atoms with Gasteiger partial charge in [-0.05, 0) is 60.0 Å². The number of thioether (sulfide) groups is 2. The van der Waals surface area contributed by atoms with E-state index in [1.54, 1.807) is 36.9 Å². The molecule has 0 unspecified atom stereocenters. The summed E-state index contributed by atoms with van der Waals surface area (Å²) in [6.45, 7) is 1.50. The van der Waals surface area contributed by atoms with Crippen LogP contribution in [-0.4, -0.2) is 97.6 Å². The lowest BCUT2D eigenvalue weighted by Crippen LogP contribution is -2.25. The largest absolute Gasteiger partial charge is 0.477 e. The summed E-state index contributed by atoms with van der Waals surface area (Å²) < 4.78 is 0. The summed E-state index contributed by atoms with van der Waals surface area (Å²) >= 11 is 15.4. The minimum atomic E-state index is -1.07. The number of nitrogens with two attached hydrogens (primary N) is 1. The van der Waals surface area contributed by atoms with Crippen molar-refractivity contribution in [2.24, 2.45) is 5.73 Å². The Kier molecular flexibility index (Phi) is 19.1. The molecular formula is C40H46Cl2N14O3S2. The Balaban J connectivity index is 0.000000232. The third-order valence-electron chi connectivity index (χ3n) is 8.11. The maximum Gasteiger partial charge on any atom is 0.341 e. The van der Waals surface area contributed by atoms with Gasteiger partial charge in [-0.3, -0.25) is 4.79 Å². The van der Waals surface area contributed by atoms with E-state index in [0.717, 1.165) is 22.5 Å². The lowest BCUT2D eigenvalue weighted by molar-refractivity contribution is 0.0696. The van der Waals surface area contributed by atoms with Crippen LogP contribution in [0.5, 0.6) is 0 Å². The molecule has 0 saturated carbocycles. The monoisotopic (exact) mass is 904 g/mol. The molecular weight excluding hydrogens is 860 g/mol. The Bertz CT molecular complexity index is 2350. The van der Waals surface area contributed by atoms with E-state index in [4.69, 9.17) is 28.9 Å². The van der Waals surface area contributed by atoms with Crippen molar-refractivity contribution in [3.05, 3.63) is 130 Å². The molecule has 0 aliphatic rings. The van der Waals surface area contributed by atoms with Crippen molar-refractivity contribution in [2.45, 2.75) is 36.5 Å². The fourth-order valence-electron chi connectivity index (χ4n) is 5.05. The summed E-state index contributed by atoms with van der Waals surface area (Å²) in [5.74, 6) is 0.586. The highest BCUT2D eigenvalue weighted by atomic mass is 35.5. The van der Waals surface area contributed by atoms with E-state index in [-0.39, 0.29) is 18.0 Å². The predicted octanol–water partition coefficient (Wildman–Crippen LogP) is 6.41. The average Bonchev–Trinajstić information content (AvgIpc) is 3.27. The standard InChI is InChI=1S/C20H22ClN7OS.C15H17ClN4O2S.C5H7N3/c1-28(2)16-6-5-13(9-15(16)21)10-24-18-14(11-26-20(27-18)30-3)19(29)25-12-17-22-7-4-8-23-17;1-20(2)12-5-4-9(6-11(12)16)7-17-13-10(14(21)22)8-18-15(19-13)23-3;6-4-5-7-2-1-3-8-5/h4-9,11H,10,12H2,1-3H3,(H,25,29)(H,24,26,27);4-6,8H,7H2,1-3H3,(H,21,22)(H,17,18,19);1-3H,4,6H2. The second-order valence-electron chi connectivity index (χ2n) is 12.8. The molecule has 4 heterocycles. The first-order chi connectivity index (χ1) is 29.3.